The number of aryl methyl sites for hydroxylation is 2. The maximum atomic E-state index is 12.0. The Morgan fingerprint density at radius 3 is 2.41 bits per heavy atom. The van der Waals surface area contributed by atoms with Crippen LogP contribution in [-0.4, -0.2) is 18.2 Å². The molecule has 1 aromatic carbocycles. The zero-order chi connectivity index (χ0) is 12.5. The molecule has 0 radical (unpaired) electrons. The highest BCUT2D eigenvalue weighted by Crippen LogP contribution is 2.17. The van der Waals surface area contributed by atoms with Gasteiger partial charge in [0.1, 0.15) is 0 Å². The lowest BCUT2D eigenvalue weighted by molar-refractivity contribution is 0.601. The van der Waals surface area contributed by atoms with Gasteiger partial charge in [0.15, 0.2) is 0 Å². The molecule has 2 rings (SSSR count). The van der Waals surface area contributed by atoms with Crippen molar-refractivity contribution < 1.29 is 8.42 Å². The molecular formula is C11H13N3O2S. The van der Waals surface area contributed by atoms with Crippen molar-refractivity contribution >= 4 is 15.7 Å². The number of nitrogens with one attached hydrogen (secondary N) is 1. The summed E-state index contributed by atoms with van der Waals surface area (Å²) < 4.78 is 28.1. The molecule has 0 saturated carbocycles. The predicted molar refractivity (Wildman–Crippen MR) is 65.2 cm³/mol. The molecule has 90 valence electrons. The van der Waals surface area contributed by atoms with Gasteiger partial charge in [-0.2, -0.15) is 5.10 Å². The van der Waals surface area contributed by atoms with Crippen molar-refractivity contribution in [2.75, 3.05) is 4.72 Å². The van der Waals surface area contributed by atoms with Crippen LogP contribution in [0.15, 0.2) is 41.4 Å². The molecule has 0 spiro atoms. The van der Waals surface area contributed by atoms with Gasteiger partial charge in [-0.1, -0.05) is 18.2 Å². The summed E-state index contributed by atoms with van der Waals surface area (Å²) in [6.07, 6.45) is 1.63. The molecule has 0 aliphatic heterocycles. The van der Waals surface area contributed by atoms with Gasteiger partial charge in [0, 0.05) is 13.2 Å². The van der Waals surface area contributed by atoms with E-state index in [0.717, 1.165) is 0 Å². The second-order valence-electron chi connectivity index (χ2n) is 3.72. The van der Waals surface area contributed by atoms with Gasteiger partial charge in [-0.25, -0.2) is 8.42 Å². The van der Waals surface area contributed by atoms with E-state index in [2.05, 4.69) is 9.82 Å². The van der Waals surface area contributed by atoms with Gasteiger partial charge in [0.25, 0.3) is 10.0 Å². The first kappa shape index (κ1) is 11.7. The summed E-state index contributed by atoms with van der Waals surface area (Å²) in [7, 11) is -1.78. The molecule has 1 N–H and O–H groups in total. The lowest BCUT2D eigenvalue weighted by atomic mass is 10.4. The number of anilines is 1. The first-order valence-electron chi connectivity index (χ1n) is 5.07. The van der Waals surface area contributed by atoms with Crippen LogP contribution in [0.25, 0.3) is 0 Å². The monoisotopic (exact) mass is 251 g/mol. The number of sulfonamides is 1. The standard InChI is InChI=1S/C11H13N3O2S/c1-9-11(8-14(2)12-9)13-17(15,16)10-6-4-3-5-7-10/h3-8,13H,1-2H3. The van der Waals surface area contributed by atoms with Gasteiger partial charge in [0.05, 0.1) is 16.3 Å². The molecule has 0 fully saturated rings. The van der Waals surface area contributed by atoms with Crippen molar-refractivity contribution in [3.8, 4) is 0 Å². The van der Waals surface area contributed by atoms with E-state index in [1.54, 1.807) is 55.2 Å². The van der Waals surface area contributed by atoms with E-state index in [1.807, 2.05) is 0 Å². The molecule has 0 saturated heterocycles. The summed E-state index contributed by atoms with van der Waals surface area (Å²) in [4.78, 5) is 0.239. The third kappa shape index (κ3) is 2.47. The quantitative estimate of drug-likeness (QED) is 0.899. The number of aromatic nitrogens is 2. The Kier molecular flexibility index (Phi) is 2.89. The van der Waals surface area contributed by atoms with Crippen LogP contribution in [-0.2, 0) is 17.1 Å². The molecule has 0 aliphatic carbocycles. The summed E-state index contributed by atoms with van der Waals surface area (Å²) in [5.41, 5.74) is 1.14. The number of hydrogen-bond acceptors (Lipinski definition) is 3. The summed E-state index contributed by atoms with van der Waals surface area (Å²) >= 11 is 0. The van der Waals surface area contributed by atoms with Crippen LogP contribution in [0.4, 0.5) is 5.69 Å². The number of benzene rings is 1. The Labute approximate surface area is 100 Å². The highest BCUT2D eigenvalue weighted by Gasteiger charge is 2.15. The van der Waals surface area contributed by atoms with Crippen LogP contribution < -0.4 is 4.72 Å². The van der Waals surface area contributed by atoms with Crippen LogP contribution in [0.5, 0.6) is 0 Å². The molecule has 17 heavy (non-hydrogen) atoms. The zero-order valence-electron chi connectivity index (χ0n) is 9.58. The summed E-state index contributed by atoms with van der Waals surface area (Å²) in [6, 6.07) is 8.24. The normalized spacial score (nSPS) is 11.4. The molecule has 1 heterocycles. The lowest BCUT2D eigenvalue weighted by Crippen LogP contribution is -2.12. The van der Waals surface area contributed by atoms with Gasteiger partial charge in [-0.3, -0.25) is 9.40 Å². The molecule has 0 amide bonds. The molecular weight excluding hydrogens is 238 g/mol. The molecule has 0 bridgehead atoms. The Bertz CT molecular complexity index is 617. The zero-order valence-corrected chi connectivity index (χ0v) is 10.4. The highest BCUT2D eigenvalue weighted by atomic mass is 32.2. The smallest absolute Gasteiger partial charge is 0.262 e. The van der Waals surface area contributed by atoms with Crippen LogP contribution >= 0.6 is 0 Å². The fourth-order valence-corrected chi connectivity index (χ4v) is 2.63. The summed E-state index contributed by atoms with van der Waals surface area (Å²) in [5, 5.41) is 4.08. The van der Waals surface area contributed by atoms with E-state index in [1.165, 1.54) is 0 Å². The highest BCUT2D eigenvalue weighted by molar-refractivity contribution is 7.92. The van der Waals surface area contributed by atoms with Crippen LogP contribution in [0, 0.1) is 6.92 Å². The number of rotatable bonds is 3. The first-order valence-corrected chi connectivity index (χ1v) is 6.55. The Morgan fingerprint density at radius 2 is 1.88 bits per heavy atom. The van der Waals surface area contributed by atoms with Crippen molar-refractivity contribution in [3.05, 3.63) is 42.2 Å². The topological polar surface area (TPSA) is 64.0 Å². The molecule has 6 heteroatoms. The maximum Gasteiger partial charge on any atom is 0.262 e. The second kappa shape index (κ2) is 4.21. The SMILES string of the molecule is Cc1nn(C)cc1NS(=O)(=O)c1ccccc1. The van der Waals surface area contributed by atoms with Gasteiger partial charge in [0.2, 0.25) is 0 Å². The minimum absolute atomic E-state index is 0.239. The molecule has 0 unspecified atom stereocenters. The van der Waals surface area contributed by atoms with Crippen molar-refractivity contribution in [3.63, 3.8) is 0 Å². The van der Waals surface area contributed by atoms with E-state index in [0.29, 0.717) is 11.4 Å². The fraction of sp³-hybridized carbons (Fsp3) is 0.182. The second-order valence-corrected chi connectivity index (χ2v) is 5.40. The van der Waals surface area contributed by atoms with E-state index in [-0.39, 0.29) is 4.90 Å². The van der Waals surface area contributed by atoms with Crippen molar-refractivity contribution in [2.24, 2.45) is 7.05 Å². The van der Waals surface area contributed by atoms with E-state index >= 15 is 0 Å². The van der Waals surface area contributed by atoms with Crippen molar-refractivity contribution in [1.82, 2.24) is 9.78 Å². The largest absolute Gasteiger partial charge is 0.276 e. The number of nitrogens with zero attached hydrogens (tertiary/aromatic N) is 2. The lowest BCUT2D eigenvalue weighted by Gasteiger charge is -2.06. The Hall–Kier alpha value is -1.82. The minimum atomic E-state index is -3.53. The van der Waals surface area contributed by atoms with Crippen molar-refractivity contribution in [2.45, 2.75) is 11.8 Å². The first-order chi connectivity index (χ1) is 7.99. The predicted octanol–water partition coefficient (Wildman–Crippen LogP) is 1.53. The molecule has 0 atom stereocenters. The summed E-state index contributed by atoms with van der Waals surface area (Å²) in [6.45, 7) is 1.75. The van der Waals surface area contributed by atoms with E-state index < -0.39 is 10.0 Å². The average molecular weight is 251 g/mol. The number of hydrogen-bond donors (Lipinski definition) is 1. The van der Waals surface area contributed by atoms with E-state index in [4.69, 9.17) is 0 Å². The maximum absolute atomic E-state index is 12.0. The van der Waals surface area contributed by atoms with Crippen LogP contribution in [0.3, 0.4) is 0 Å². The fourth-order valence-electron chi connectivity index (χ4n) is 1.50. The van der Waals surface area contributed by atoms with Crippen molar-refractivity contribution in [1.29, 1.82) is 0 Å². The third-order valence-corrected chi connectivity index (χ3v) is 3.69. The van der Waals surface area contributed by atoms with Gasteiger partial charge < -0.3 is 0 Å². The molecule has 2 aromatic rings. The van der Waals surface area contributed by atoms with Gasteiger partial charge in [-0.15, -0.1) is 0 Å². The van der Waals surface area contributed by atoms with Crippen LogP contribution in [0.2, 0.25) is 0 Å². The molecule has 1 aromatic heterocycles. The van der Waals surface area contributed by atoms with E-state index in [9.17, 15) is 8.42 Å². The van der Waals surface area contributed by atoms with Gasteiger partial charge >= 0.3 is 0 Å². The Morgan fingerprint density at radius 1 is 1.24 bits per heavy atom. The molecule has 0 aliphatic rings. The molecule has 5 nitrogen and oxygen atoms in total. The minimum Gasteiger partial charge on any atom is -0.276 e. The van der Waals surface area contributed by atoms with Gasteiger partial charge in [-0.05, 0) is 19.1 Å². The summed E-state index contributed by atoms with van der Waals surface area (Å²) in [5.74, 6) is 0. The Balaban J connectivity index is 2.33. The average Bonchev–Trinajstić information content (AvgIpc) is 2.58. The van der Waals surface area contributed by atoms with Crippen LogP contribution in [0.1, 0.15) is 5.69 Å². The third-order valence-electron chi connectivity index (χ3n) is 2.31.